The highest BCUT2D eigenvalue weighted by Gasteiger charge is 2.28. The van der Waals surface area contributed by atoms with E-state index in [1.165, 1.54) is 77.0 Å². The minimum Gasteiger partial charge on any atom is -0.462 e. The lowest BCUT2D eigenvalue weighted by atomic mass is 10.1. The summed E-state index contributed by atoms with van der Waals surface area (Å²) in [5.74, 6) is -1.49. The van der Waals surface area contributed by atoms with Gasteiger partial charge < -0.3 is 24.2 Å². The summed E-state index contributed by atoms with van der Waals surface area (Å²) >= 11 is 0. The summed E-state index contributed by atoms with van der Waals surface area (Å²) < 4.78 is 39.5. The Morgan fingerprint density at radius 1 is 0.392 bits per heavy atom. The molecule has 3 unspecified atom stereocenters. The standard InChI is InChI=1S/C62H109O11P/c1-4-7-10-13-16-19-22-25-27-29-31-34-36-39-42-45-48-51-60(64)69-55-59(73-62(66)53-50-47-44-41-38-35-32-30-28-26-23-20-17-14-11-8-5-2)57-71-74(67,68)70-56-58(54-63)72-61(65)52-49-46-43-40-37-33-24-21-18-15-12-9-6-3/h8,11-12,15,17,20-21,24-28,58-59,63H,4-7,9-10,13-14,16,18-19,22-23,29-57H2,1-3H3,(H,67,68)/b11-8-,15-12-,20-17-,24-21-,27-25-,28-26-. The van der Waals surface area contributed by atoms with E-state index in [-0.39, 0.29) is 25.9 Å². The van der Waals surface area contributed by atoms with Crippen LogP contribution >= 0.6 is 7.82 Å². The van der Waals surface area contributed by atoms with Gasteiger partial charge in [0.05, 0.1) is 19.8 Å². The number of aliphatic hydroxyl groups is 1. The fourth-order valence-electron chi connectivity index (χ4n) is 8.05. The minimum atomic E-state index is -4.76. The van der Waals surface area contributed by atoms with E-state index in [4.69, 9.17) is 23.3 Å². The van der Waals surface area contributed by atoms with Gasteiger partial charge in [0, 0.05) is 19.3 Å². The van der Waals surface area contributed by atoms with Crippen LogP contribution in [-0.2, 0) is 42.2 Å². The molecule has 0 amide bonds. The lowest BCUT2D eigenvalue weighted by Gasteiger charge is -2.21. The first-order valence-corrected chi connectivity index (χ1v) is 31.3. The predicted molar refractivity (Wildman–Crippen MR) is 307 cm³/mol. The average molecular weight is 1060 g/mol. The second-order valence-electron chi connectivity index (χ2n) is 19.8. The molecule has 3 atom stereocenters. The molecule has 428 valence electrons. The summed E-state index contributed by atoms with van der Waals surface area (Å²) in [4.78, 5) is 48.6. The summed E-state index contributed by atoms with van der Waals surface area (Å²) in [6.45, 7) is 4.45. The summed E-state index contributed by atoms with van der Waals surface area (Å²) in [5, 5.41) is 9.81. The van der Waals surface area contributed by atoms with Gasteiger partial charge in [-0.3, -0.25) is 23.4 Å². The molecule has 0 radical (unpaired) electrons. The van der Waals surface area contributed by atoms with Crippen LogP contribution in [0.15, 0.2) is 72.9 Å². The molecule has 0 saturated heterocycles. The summed E-state index contributed by atoms with van der Waals surface area (Å²) in [5.41, 5.74) is 0. The van der Waals surface area contributed by atoms with Crippen LogP contribution in [0.25, 0.3) is 0 Å². The number of carbonyl (C=O) groups excluding carboxylic acids is 3. The molecule has 0 aromatic heterocycles. The maximum absolute atomic E-state index is 12.9. The van der Waals surface area contributed by atoms with Crippen molar-refractivity contribution in [2.24, 2.45) is 0 Å². The third-order valence-corrected chi connectivity index (χ3v) is 13.5. The second kappa shape index (κ2) is 56.1. The van der Waals surface area contributed by atoms with Gasteiger partial charge in [0.1, 0.15) is 12.7 Å². The number of ether oxygens (including phenoxy) is 3. The van der Waals surface area contributed by atoms with Gasteiger partial charge in [-0.15, -0.1) is 0 Å². The number of phosphoric acid groups is 1. The molecule has 11 nitrogen and oxygen atoms in total. The molecule has 0 spiro atoms. The molecule has 12 heteroatoms. The normalized spacial score (nSPS) is 13.9. The van der Waals surface area contributed by atoms with Crippen LogP contribution in [0.5, 0.6) is 0 Å². The number of carbonyl (C=O) groups is 3. The molecule has 0 aliphatic rings. The lowest BCUT2D eigenvalue weighted by molar-refractivity contribution is -0.161. The van der Waals surface area contributed by atoms with Crippen molar-refractivity contribution in [2.75, 3.05) is 26.4 Å². The Morgan fingerprint density at radius 2 is 0.730 bits per heavy atom. The van der Waals surface area contributed by atoms with Crippen LogP contribution in [0, 0.1) is 0 Å². The number of hydrogen-bond acceptors (Lipinski definition) is 10. The number of hydrogen-bond donors (Lipinski definition) is 2. The average Bonchev–Trinajstić information content (AvgIpc) is 3.39. The Balaban J connectivity index is 4.75. The first-order valence-electron chi connectivity index (χ1n) is 29.8. The Bertz CT molecular complexity index is 1520. The largest absolute Gasteiger partial charge is 0.472 e. The number of rotatable bonds is 55. The molecule has 0 rings (SSSR count). The molecular weight excluding hydrogens is 952 g/mol. The Kier molecular flexibility index (Phi) is 53.8. The predicted octanol–water partition coefficient (Wildman–Crippen LogP) is 17.7. The zero-order chi connectivity index (χ0) is 54.1. The molecular formula is C62H109O11P. The monoisotopic (exact) mass is 1060 g/mol. The van der Waals surface area contributed by atoms with E-state index >= 15 is 0 Å². The summed E-state index contributed by atoms with van der Waals surface area (Å²) in [6.07, 6.45) is 62.8. The molecule has 74 heavy (non-hydrogen) atoms. The van der Waals surface area contributed by atoms with E-state index in [0.29, 0.717) is 19.3 Å². The van der Waals surface area contributed by atoms with E-state index in [1.807, 2.05) is 0 Å². The fraction of sp³-hybridized carbons (Fsp3) is 0.758. The van der Waals surface area contributed by atoms with Crippen LogP contribution in [0.4, 0.5) is 0 Å². The molecule has 0 aromatic carbocycles. The zero-order valence-electron chi connectivity index (χ0n) is 47.3. The van der Waals surface area contributed by atoms with E-state index < -0.39 is 57.8 Å². The molecule has 0 fully saturated rings. The van der Waals surface area contributed by atoms with Crippen LogP contribution in [0.3, 0.4) is 0 Å². The van der Waals surface area contributed by atoms with Crippen molar-refractivity contribution in [1.29, 1.82) is 0 Å². The number of allylic oxidation sites excluding steroid dienone is 12. The van der Waals surface area contributed by atoms with E-state index in [9.17, 15) is 28.9 Å². The zero-order valence-corrected chi connectivity index (χ0v) is 48.2. The molecule has 2 N–H and O–H groups in total. The maximum Gasteiger partial charge on any atom is 0.472 e. The first-order chi connectivity index (χ1) is 36.2. The van der Waals surface area contributed by atoms with Crippen LogP contribution in [0.1, 0.15) is 265 Å². The second-order valence-corrected chi connectivity index (χ2v) is 21.2. The van der Waals surface area contributed by atoms with E-state index in [2.05, 4.69) is 93.7 Å². The number of esters is 3. The third kappa shape index (κ3) is 53.7. The minimum absolute atomic E-state index is 0.153. The molecule has 0 aliphatic heterocycles. The van der Waals surface area contributed by atoms with Gasteiger partial charge >= 0.3 is 25.7 Å². The van der Waals surface area contributed by atoms with Crippen LogP contribution in [-0.4, -0.2) is 66.5 Å². The van der Waals surface area contributed by atoms with Crippen molar-refractivity contribution < 1.29 is 52.2 Å². The van der Waals surface area contributed by atoms with Crippen molar-refractivity contribution in [3.63, 3.8) is 0 Å². The Morgan fingerprint density at radius 3 is 1.15 bits per heavy atom. The molecule has 0 aliphatic carbocycles. The summed E-state index contributed by atoms with van der Waals surface area (Å²) in [6, 6.07) is 0. The highest BCUT2D eigenvalue weighted by atomic mass is 31.2. The van der Waals surface area contributed by atoms with Crippen molar-refractivity contribution in [1.82, 2.24) is 0 Å². The Labute approximate surface area is 452 Å². The fourth-order valence-corrected chi connectivity index (χ4v) is 8.83. The molecule has 0 saturated carbocycles. The SMILES string of the molecule is CC/C=C\C/C=C\C/C=C\CCCCCCCCCC(=O)OC(COC(=O)CCCCCCCCC/C=C\CCCCCCCC)COP(=O)(O)OCC(CO)OC(=O)CCCCCCC/C=C\C/C=C\CCC. The lowest BCUT2D eigenvalue weighted by Crippen LogP contribution is -2.30. The van der Waals surface area contributed by atoms with Gasteiger partial charge in [-0.2, -0.15) is 0 Å². The van der Waals surface area contributed by atoms with E-state index in [0.717, 1.165) is 128 Å². The van der Waals surface area contributed by atoms with Crippen LogP contribution in [0.2, 0.25) is 0 Å². The Hall–Kier alpha value is -3.08. The van der Waals surface area contributed by atoms with Crippen molar-refractivity contribution >= 4 is 25.7 Å². The molecule has 0 heterocycles. The van der Waals surface area contributed by atoms with Gasteiger partial charge in [0.2, 0.25) is 0 Å². The summed E-state index contributed by atoms with van der Waals surface area (Å²) in [7, 11) is -4.76. The van der Waals surface area contributed by atoms with Gasteiger partial charge in [0.15, 0.2) is 6.10 Å². The van der Waals surface area contributed by atoms with Gasteiger partial charge in [-0.1, -0.05) is 216 Å². The van der Waals surface area contributed by atoms with Crippen molar-refractivity contribution in [2.45, 2.75) is 277 Å². The number of phosphoric ester groups is 1. The number of unbranched alkanes of at least 4 members (excludes halogenated alkanes) is 26. The third-order valence-electron chi connectivity index (χ3n) is 12.6. The maximum atomic E-state index is 12.9. The topological polar surface area (TPSA) is 155 Å². The van der Waals surface area contributed by atoms with Crippen LogP contribution < -0.4 is 0 Å². The molecule has 0 aromatic rings. The van der Waals surface area contributed by atoms with Crippen molar-refractivity contribution in [3.8, 4) is 0 Å². The van der Waals surface area contributed by atoms with Gasteiger partial charge in [0.25, 0.3) is 0 Å². The first kappa shape index (κ1) is 70.9. The number of aliphatic hydroxyl groups excluding tert-OH is 1. The smallest absolute Gasteiger partial charge is 0.462 e. The quantitative estimate of drug-likeness (QED) is 0.0197. The highest BCUT2D eigenvalue weighted by Crippen LogP contribution is 2.43. The molecule has 0 bridgehead atoms. The van der Waals surface area contributed by atoms with E-state index in [1.54, 1.807) is 0 Å². The highest BCUT2D eigenvalue weighted by molar-refractivity contribution is 7.47. The van der Waals surface area contributed by atoms with Crippen molar-refractivity contribution in [3.05, 3.63) is 72.9 Å². The van der Waals surface area contributed by atoms with Gasteiger partial charge in [-0.05, 0) is 103 Å². The van der Waals surface area contributed by atoms with Gasteiger partial charge in [-0.25, -0.2) is 4.57 Å².